The summed E-state index contributed by atoms with van der Waals surface area (Å²) in [5, 5.41) is 11.0. The van der Waals surface area contributed by atoms with E-state index in [1.807, 2.05) is 11.8 Å². The van der Waals surface area contributed by atoms with Crippen molar-refractivity contribution in [2.24, 2.45) is 11.7 Å². The Morgan fingerprint density at radius 2 is 2.28 bits per heavy atom. The van der Waals surface area contributed by atoms with Gasteiger partial charge in [0.2, 0.25) is 5.82 Å². The van der Waals surface area contributed by atoms with E-state index in [4.69, 9.17) is 5.73 Å². The number of nitrogens with zero attached hydrogens (tertiary/aromatic N) is 3. The zero-order valence-electron chi connectivity index (χ0n) is 10.7. The van der Waals surface area contributed by atoms with Crippen LogP contribution in [0.15, 0.2) is 12.1 Å². The summed E-state index contributed by atoms with van der Waals surface area (Å²) in [4.78, 5) is 16.9. The first-order valence-corrected chi connectivity index (χ1v) is 6.11. The number of nitro groups is 1. The molecule has 2 unspecified atom stereocenters. The second-order valence-electron chi connectivity index (χ2n) is 4.93. The Labute approximate surface area is 106 Å². The van der Waals surface area contributed by atoms with E-state index < -0.39 is 0 Å². The molecule has 1 aromatic rings. The molecule has 0 aliphatic carbocycles. The lowest BCUT2D eigenvalue weighted by Gasteiger charge is -2.35. The van der Waals surface area contributed by atoms with Gasteiger partial charge in [-0.25, -0.2) is 4.98 Å². The second kappa shape index (κ2) is 4.89. The highest BCUT2D eigenvalue weighted by atomic mass is 16.6. The highest BCUT2D eigenvalue weighted by Crippen LogP contribution is 2.29. The van der Waals surface area contributed by atoms with Gasteiger partial charge in [0, 0.05) is 30.9 Å². The highest BCUT2D eigenvalue weighted by molar-refractivity contribution is 5.58. The number of anilines is 1. The molecule has 1 aromatic heterocycles. The first kappa shape index (κ1) is 12.8. The minimum Gasteiger partial charge on any atom is -0.349 e. The van der Waals surface area contributed by atoms with Gasteiger partial charge in [-0.1, -0.05) is 6.92 Å². The molecule has 2 heterocycles. The molecule has 2 N–H and O–H groups in total. The van der Waals surface area contributed by atoms with Gasteiger partial charge in [-0.3, -0.25) is 10.1 Å². The average Bonchev–Trinajstić information content (AvgIpc) is 2.32. The van der Waals surface area contributed by atoms with E-state index in [2.05, 4.69) is 11.9 Å². The maximum Gasteiger partial charge on any atom is 0.311 e. The van der Waals surface area contributed by atoms with Crippen LogP contribution in [0.2, 0.25) is 0 Å². The minimum atomic E-state index is -0.384. The van der Waals surface area contributed by atoms with Gasteiger partial charge in [0.15, 0.2) is 0 Å². The molecule has 98 valence electrons. The summed E-state index contributed by atoms with van der Waals surface area (Å²) in [6, 6.07) is 3.22. The Morgan fingerprint density at radius 1 is 1.56 bits per heavy atom. The van der Waals surface area contributed by atoms with Crippen LogP contribution in [0.3, 0.4) is 0 Å². The molecule has 0 bridgehead atoms. The van der Waals surface area contributed by atoms with Crippen LogP contribution in [-0.2, 0) is 0 Å². The van der Waals surface area contributed by atoms with Crippen LogP contribution in [0.1, 0.15) is 19.0 Å². The molecule has 6 nitrogen and oxygen atoms in total. The lowest BCUT2D eigenvalue weighted by atomic mass is 9.94. The molecule has 1 saturated heterocycles. The third-order valence-electron chi connectivity index (χ3n) is 3.51. The minimum absolute atomic E-state index is 0.0423. The third kappa shape index (κ3) is 2.43. The summed E-state index contributed by atoms with van der Waals surface area (Å²) in [6.07, 6.45) is 0.938. The molecule has 2 atom stereocenters. The quantitative estimate of drug-likeness (QED) is 0.634. The molecule has 0 aromatic carbocycles. The van der Waals surface area contributed by atoms with E-state index >= 15 is 0 Å². The zero-order chi connectivity index (χ0) is 13.3. The number of hydrogen-bond acceptors (Lipinski definition) is 5. The van der Waals surface area contributed by atoms with Crippen molar-refractivity contribution < 1.29 is 4.92 Å². The first-order chi connectivity index (χ1) is 8.49. The van der Waals surface area contributed by atoms with Gasteiger partial charge < -0.3 is 10.6 Å². The third-order valence-corrected chi connectivity index (χ3v) is 3.51. The molecule has 0 radical (unpaired) electrons. The number of piperidine rings is 1. The SMILES string of the molecule is Cc1ccc([N+](=O)[O-])c(N2CCC(C)C(N)C2)n1. The predicted molar refractivity (Wildman–Crippen MR) is 69.6 cm³/mol. The van der Waals surface area contributed by atoms with E-state index in [0.29, 0.717) is 18.3 Å². The second-order valence-corrected chi connectivity index (χ2v) is 4.93. The standard InChI is InChI=1S/C12H18N4O2/c1-8-5-6-15(7-10(8)13)12-11(16(17)18)4-3-9(2)14-12/h3-4,8,10H,5-7,13H2,1-2H3. The van der Waals surface area contributed by atoms with Gasteiger partial charge in [-0.2, -0.15) is 0 Å². The van der Waals surface area contributed by atoms with Gasteiger partial charge >= 0.3 is 5.69 Å². The van der Waals surface area contributed by atoms with E-state index in [0.717, 1.165) is 18.7 Å². The van der Waals surface area contributed by atoms with Gasteiger partial charge in [0.25, 0.3) is 0 Å². The van der Waals surface area contributed by atoms with Crippen molar-refractivity contribution in [2.45, 2.75) is 26.3 Å². The Hall–Kier alpha value is -1.69. The Balaban J connectivity index is 2.32. The fourth-order valence-corrected chi connectivity index (χ4v) is 2.20. The van der Waals surface area contributed by atoms with Crippen LogP contribution < -0.4 is 10.6 Å². The Morgan fingerprint density at radius 3 is 2.89 bits per heavy atom. The van der Waals surface area contributed by atoms with Crippen molar-refractivity contribution >= 4 is 11.5 Å². The van der Waals surface area contributed by atoms with E-state index in [1.54, 1.807) is 6.07 Å². The van der Waals surface area contributed by atoms with E-state index in [1.165, 1.54) is 6.07 Å². The van der Waals surface area contributed by atoms with Gasteiger partial charge in [0.05, 0.1) is 4.92 Å². The normalized spacial score (nSPS) is 24.1. The summed E-state index contributed by atoms with van der Waals surface area (Å²) in [7, 11) is 0. The monoisotopic (exact) mass is 250 g/mol. The van der Waals surface area contributed by atoms with Crippen LogP contribution in [-0.4, -0.2) is 29.0 Å². The summed E-state index contributed by atoms with van der Waals surface area (Å²) in [5.41, 5.74) is 6.87. The van der Waals surface area contributed by atoms with Gasteiger partial charge in [0.1, 0.15) is 0 Å². The van der Waals surface area contributed by atoms with Crippen LogP contribution in [0.25, 0.3) is 0 Å². The van der Waals surface area contributed by atoms with Crippen LogP contribution >= 0.6 is 0 Å². The maximum atomic E-state index is 11.0. The molecule has 0 saturated carbocycles. The number of aromatic nitrogens is 1. The number of aryl methyl sites for hydroxylation is 1. The van der Waals surface area contributed by atoms with Crippen molar-refractivity contribution in [3.63, 3.8) is 0 Å². The zero-order valence-corrected chi connectivity index (χ0v) is 10.7. The van der Waals surface area contributed by atoms with E-state index in [-0.39, 0.29) is 16.7 Å². The van der Waals surface area contributed by atoms with Gasteiger partial charge in [-0.05, 0) is 25.3 Å². The summed E-state index contributed by atoms with van der Waals surface area (Å²) in [5.74, 6) is 0.896. The number of hydrogen-bond donors (Lipinski definition) is 1. The lowest BCUT2D eigenvalue weighted by Crippen LogP contribution is -2.48. The molecule has 0 spiro atoms. The van der Waals surface area contributed by atoms with Gasteiger partial charge in [-0.15, -0.1) is 0 Å². The maximum absolute atomic E-state index is 11.0. The fourth-order valence-electron chi connectivity index (χ4n) is 2.20. The largest absolute Gasteiger partial charge is 0.349 e. The number of rotatable bonds is 2. The molecule has 0 amide bonds. The smallest absolute Gasteiger partial charge is 0.311 e. The predicted octanol–water partition coefficient (Wildman–Crippen LogP) is 1.47. The van der Waals surface area contributed by atoms with Crippen LogP contribution in [0, 0.1) is 23.0 Å². The van der Waals surface area contributed by atoms with Crippen LogP contribution in [0.5, 0.6) is 0 Å². The van der Waals surface area contributed by atoms with E-state index in [9.17, 15) is 10.1 Å². The topological polar surface area (TPSA) is 85.3 Å². The number of nitrogens with two attached hydrogens (primary N) is 1. The molecule has 6 heteroatoms. The molecular formula is C12H18N4O2. The fraction of sp³-hybridized carbons (Fsp3) is 0.583. The van der Waals surface area contributed by atoms with Crippen LogP contribution in [0.4, 0.5) is 11.5 Å². The molecule has 1 aliphatic heterocycles. The summed E-state index contributed by atoms with van der Waals surface area (Å²) < 4.78 is 0. The molecular weight excluding hydrogens is 232 g/mol. The summed E-state index contributed by atoms with van der Waals surface area (Å²) in [6.45, 7) is 5.34. The lowest BCUT2D eigenvalue weighted by molar-refractivity contribution is -0.384. The van der Waals surface area contributed by atoms with Crippen molar-refractivity contribution in [2.75, 3.05) is 18.0 Å². The molecule has 18 heavy (non-hydrogen) atoms. The van der Waals surface area contributed by atoms with Crippen molar-refractivity contribution in [3.05, 3.63) is 27.9 Å². The highest BCUT2D eigenvalue weighted by Gasteiger charge is 2.28. The average molecular weight is 250 g/mol. The number of pyridine rings is 1. The Bertz CT molecular complexity index is 463. The molecule has 1 fully saturated rings. The molecule has 1 aliphatic rings. The van der Waals surface area contributed by atoms with Crippen molar-refractivity contribution in [3.8, 4) is 0 Å². The molecule has 2 rings (SSSR count). The summed E-state index contributed by atoms with van der Waals surface area (Å²) >= 11 is 0. The van der Waals surface area contributed by atoms with Crippen molar-refractivity contribution in [1.29, 1.82) is 0 Å². The Kier molecular flexibility index (Phi) is 3.47. The first-order valence-electron chi connectivity index (χ1n) is 6.11. The van der Waals surface area contributed by atoms with Crippen molar-refractivity contribution in [1.82, 2.24) is 4.98 Å².